The Morgan fingerprint density at radius 3 is 2.67 bits per heavy atom. The van der Waals surface area contributed by atoms with E-state index < -0.39 is 0 Å². The predicted molar refractivity (Wildman–Crippen MR) is 131 cm³/mol. The smallest absolute Gasteiger partial charge is 0.280 e. The number of ether oxygens (including phenoxy) is 2. The molecule has 0 unspecified atom stereocenters. The zero-order chi connectivity index (χ0) is 21.7. The summed E-state index contributed by atoms with van der Waals surface area (Å²) in [6, 6.07) is 11.0. The first kappa shape index (κ1) is 22.6. The molecule has 0 saturated carbocycles. The highest BCUT2D eigenvalue weighted by Gasteiger charge is 2.30. The Morgan fingerprint density at radius 2 is 1.97 bits per heavy atom. The largest absolute Gasteiger partial charge is 0.490 e. The number of anilines is 1. The van der Waals surface area contributed by atoms with Gasteiger partial charge in [0, 0.05) is 0 Å². The molecule has 1 heterocycles. The summed E-state index contributed by atoms with van der Waals surface area (Å²) in [6.07, 6.45) is 3.88. The first-order valence-electron chi connectivity index (χ1n) is 9.91. The number of hydrogen-bond acceptors (Lipinski definition) is 4. The van der Waals surface area contributed by atoms with Crippen molar-refractivity contribution in [3.05, 3.63) is 56.1 Å². The van der Waals surface area contributed by atoms with Gasteiger partial charge in [-0.25, -0.2) is 0 Å². The molecule has 1 aliphatic heterocycles. The second-order valence-corrected chi connectivity index (χ2v) is 8.35. The summed E-state index contributed by atoms with van der Waals surface area (Å²) in [5, 5.41) is 6.24. The Morgan fingerprint density at radius 1 is 1.20 bits per heavy atom. The summed E-state index contributed by atoms with van der Waals surface area (Å²) < 4.78 is 12.7. The maximum atomic E-state index is 13.0. The third-order valence-corrected chi connectivity index (χ3v) is 5.65. The SMILES string of the molecule is CCCCOc1c(I)cc(/C=C2\C(=O)N(c3ccccc3Cl)N=C2C)cc1OCC. The summed E-state index contributed by atoms with van der Waals surface area (Å²) >= 11 is 8.50. The lowest BCUT2D eigenvalue weighted by Gasteiger charge is -2.15. The fraction of sp³-hybridized carbons (Fsp3) is 0.304. The van der Waals surface area contributed by atoms with E-state index in [9.17, 15) is 4.79 Å². The molecule has 0 radical (unpaired) electrons. The summed E-state index contributed by atoms with van der Waals surface area (Å²) in [5.74, 6) is 1.21. The average molecular weight is 539 g/mol. The molecular weight excluding hydrogens is 515 g/mol. The number of benzene rings is 2. The molecule has 0 spiro atoms. The van der Waals surface area contributed by atoms with E-state index in [1.54, 1.807) is 12.1 Å². The molecule has 0 saturated heterocycles. The fourth-order valence-electron chi connectivity index (χ4n) is 3.03. The van der Waals surface area contributed by atoms with Gasteiger partial charge in [-0.3, -0.25) is 4.79 Å². The molecule has 0 fully saturated rings. The zero-order valence-electron chi connectivity index (χ0n) is 17.2. The third kappa shape index (κ3) is 4.98. The van der Waals surface area contributed by atoms with Gasteiger partial charge in [-0.2, -0.15) is 10.1 Å². The van der Waals surface area contributed by atoms with Crippen molar-refractivity contribution in [2.24, 2.45) is 5.10 Å². The fourth-order valence-corrected chi connectivity index (χ4v) is 4.03. The first-order valence-corrected chi connectivity index (χ1v) is 11.4. The topological polar surface area (TPSA) is 51.1 Å². The van der Waals surface area contributed by atoms with Crippen LogP contribution in [0.1, 0.15) is 39.2 Å². The van der Waals surface area contributed by atoms with Crippen molar-refractivity contribution < 1.29 is 14.3 Å². The third-order valence-electron chi connectivity index (χ3n) is 4.53. The number of carbonyl (C=O) groups is 1. The number of nitrogens with zero attached hydrogens (tertiary/aromatic N) is 2. The number of carbonyl (C=O) groups excluding carboxylic acids is 1. The monoisotopic (exact) mass is 538 g/mol. The Hall–Kier alpha value is -2.06. The van der Waals surface area contributed by atoms with Gasteiger partial charge in [-0.15, -0.1) is 0 Å². The van der Waals surface area contributed by atoms with E-state index in [4.69, 9.17) is 21.1 Å². The molecule has 2 aromatic carbocycles. The maximum Gasteiger partial charge on any atom is 0.280 e. The molecular formula is C23H24ClIN2O3. The van der Waals surface area contributed by atoms with Crippen molar-refractivity contribution in [1.29, 1.82) is 0 Å². The highest BCUT2D eigenvalue weighted by molar-refractivity contribution is 14.1. The van der Waals surface area contributed by atoms with E-state index in [2.05, 4.69) is 34.6 Å². The van der Waals surface area contributed by atoms with Crippen molar-refractivity contribution in [2.45, 2.75) is 33.6 Å². The number of halogens is 2. The molecule has 3 rings (SSSR count). The minimum Gasteiger partial charge on any atom is -0.490 e. The Balaban J connectivity index is 1.93. The molecule has 7 heteroatoms. The lowest BCUT2D eigenvalue weighted by molar-refractivity contribution is -0.114. The highest BCUT2D eigenvalue weighted by Crippen LogP contribution is 2.36. The Labute approximate surface area is 195 Å². The molecule has 0 aliphatic carbocycles. The van der Waals surface area contributed by atoms with Crippen LogP contribution >= 0.6 is 34.2 Å². The minimum atomic E-state index is -0.211. The van der Waals surface area contributed by atoms with Crippen molar-refractivity contribution >= 4 is 57.6 Å². The lowest BCUT2D eigenvalue weighted by Crippen LogP contribution is -2.21. The van der Waals surface area contributed by atoms with Gasteiger partial charge in [0.25, 0.3) is 5.91 Å². The van der Waals surface area contributed by atoms with Crippen LogP contribution in [0.15, 0.2) is 47.1 Å². The maximum absolute atomic E-state index is 13.0. The van der Waals surface area contributed by atoms with E-state index >= 15 is 0 Å². The van der Waals surface area contributed by atoms with Gasteiger partial charge in [0.15, 0.2) is 11.5 Å². The second kappa shape index (κ2) is 10.3. The first-order chi connectivity index (χ1) is 14.5. The summed E-state index contributed by atoms with van der Waals surface area (Å²) in [6.45, 7) is 7.05. The number of rotatable bonds is 8. The van der Waals surface area contributed by atoms with Crippen LogP contribution in [-0.2, 0) is 4.79 Å². The predicted octanol–water partition coefficient (Wildman–Crippen LogP) is 6.33. The minimum absolute atomic E-state index is 0.211. The average Bonchev–Trinajstić information content (AvgIpc) is 2.99. The van der Waals surface area contributed by atoms with Crippen LogP contribution < -0.4 is 14.5 Å². The number of hydrogen-bond donors (Lipinski definition) is 0. The molecule has 5 nitrogen and oxygen atoms in total. The van der Waals surface area contributed by atoms with Gasteiger partial charge in [-0.05, 0) is 78.8 Å². The van der Waals surface area contributed by atoms with E-state index in [1.807, 2.05) is 44.2 Å². The van der Waals surface area contributed by atoms with Gasteiger partial charge in [0.2, 0.25) is 0 Å². The van der Waals surface area contributed by atoms with Crippen molar-refractivity contribution in [3.63, 3.8) is 0 Å². The van der Waals surface area contributed by atoms with Crippen LogP contribution in [0.4, 0.5) is 5.69 Å². The van der Waals surface area contributed by atoms with Crippen molar-refractivity contribution in [2.75, 3.05) is 18.2 Å². The van der Waals surface area contributed by atoms with Crippen molar-refractivity contribution in [1.82, 2.24) is 0 Å². The number of unbranched alkanes of at least 4 members (excludes halogenated alkanes) is 1. The van der Waals surface area contributed by atoms with Gasteiger partial charge in [-0.1, -0.05) is 37.1 Å². The van der Waals surface area contributed by atoms with Gasteiger partial charge < -0.3 is 9.47 Å². The van der Waals surface area contributed by atoms with E-state index in [-0.39, 0.29) is 5.91 Å². The number of para-hydroxylation sites is 1. The van der Waals surface area contributed by atoms with E-state index in [0.717, 1.165) is 27.7 Å². The summed E-state index contributed by atoms with van der Waals surface area (Å²) in [4.78, 5) is 13.0. The Bertz CT molecular complexity index is 1000. The summed E-state index contributed by atoms with van der Waals surface area (Å²) in [7, 11) is 0. The quantitative estimate of drug-likeness (QED) is 0.224. The van der Waals surface area contributed by atoms with Crippen LogP contribution in [-0.4, -0.2) is 24.8 Å². The molecule has 0 atom stereocenters. The molecule has 158 valence electrons. The van der Waals surface area contributed by atoms with Crippen LogP contribution in [0.5, 0.6) is 11.5 Å². The van der Waals surface area contributed by atoms with Gasteiger partial charge >= 0.3 is 0 Å². The molecule has 30 heavy (non-hydrogen) atoms. The summed E-state index contributed by atoms with van der Waals surface area (Å²) in [5.41, 5.74) is 2.57. The van der Waals surface area contributed by atoms with Crippen LogP contribution in [0.25, 0.3) is 6.08 Å². The van der Waals surface area contributed by atoms with Crippen LogP contribution in [0.3, 0.4) is 0 Å². The number of amides is 1. The van der Waals surface area contributed by atoms with E-state index in [1.165, 1.54) is 5.01 Å². The van der Waals surface area contributed by atoms with Crippen LogP contribution in [0, 0.1) is 3.57 Å². The molecule has 2 aromatic rings. The second-order valence-electron chi connectivity index (χ2n) is 6.78. The van der Waals surface area contributed by atoms with Gasteiger partial charge in [0.1, 0.15) is 0 Å². The molecule has 0 N–H and O–H groups in total. The zero-order valence-corrected chi connectivity index (χ0v) is 20.2. The number of hydrazone groups is 1. The normalized spacial score (nSPS) is 15.0. The molecule has 0 aromatic heterocycles. The highest BCUT2D eigenvalue weighted by atomic mass is 127. The van der Waals surface area contributed by atoms with Crippen LogP contribution in [0.2, 0.25) is 5.02 Å². The molecule has 1 aliphatic rings. The standard InChI is InChI=1S/C23H24ClIN2O3/c1-4-6-11-30-22-19(25)13-16(14-21(22)29-5-2)12-17-15(3)26-27(23(17)28)20-10-8-7-9-18(20)24/h7-10,12-14H,4-6,11H2,1-3H3/b17-12-. The molecule has 1 amide bonds. The van der Waals surface area contributed by atoms with Gasteiger partial charge in [0.05, 0.1) is 38.8 Å². The van der Waals surface area contributed by atoms with Crippen molar-refractivity contribution in [3.8, 4) is 11.5 Å². The van der Waals surface area contributed by atoms with E-state index in [0.29, 0.717) is 41.0 Å². The lowest BCUT2D eigenvalue weighted by atomic mass is 10.1. The molecule has 0 bridgehead atoms. The Kier molecular flexibility index (Phi) is 7.77.